The molecule has 3 unspecified atom stereocenters. The number of rotatable bonds is 4. The number of hydrogen-bond acceptors (Lipinski definition) is 3. The molecule has 1 aromatic carbocycles. The van der Waals surface area contributed by atoms with Gasteiger partial charge in [-0.15, -0.1) is 0 Å². The minimum atomic E-state index is 0.654. The Morgan fingerprint density at radius 2 is 2.00 bits per heavy atom. The zero-order valence-corrected chi connectivity index (χ0v) is 11.9. The van der Waals surface area contributed by atoms with Gasteiger partial charge in [-0.2, -0.15) is 5.26 Å². The molecule has 0 amide bonds. The van der Waals surface area contributed by atoms with Crippen LogP contribution in [0.5, 0.6) is 0 Å². The van der Waals surface area contributed by atoms with Crippen molar-refractivity contribution < 1.29 is 0 Å². The van der Waals surface area contributed by atoms with Gasteiger partial charge in [0.25, 0.3) is 0 Å². The highest BCUT2D eigenvalue weighted by atomic mass is 15.0. The maximum Gasteiger partial charge on any atom is 0.0991 e. The Kier molecular flexibility index (Phi) is 4.34. The first-order valence-corrected chi connectivity index (χ1v) is 7.82. The Bertz CT molecular complexity index is 468. The van der Waals surface area contributed by atoms with Crippen LogP contribution < -0.4 is 10.6 Å². The van der Waals surface area contributed by atoms with E-state index in [2.05, 4.69) is 28.8 Å². The van der Waals surface area contributed by atoms with Crippen molar-refractivity contribution in [2.45, 2.75) is 50.7 Å². The molecule has 3 atom stereocenters. The first-order chi connectivity index (χ1) is 9.86. The van der Waals surface area contributed by atoms with Gasteiger partial charge in [0.2, 0.25) is 0 Å². The molecule has 2 fully saturated rings. The van der Waals surface area contributed by atoms with Gasteiger partial charge in [0.1, 0.15) is 0 Å². The number of nitrogens with one attached hydrogen (secondary N) is 2. The average Bonchev–Trinajstić information content (AvgIpc) is 3.16. The van der Waals surface area contributed by atoms with Gasteiger partial charge in [0.15, 0.2) is 0 Å². The normalized spacial score (nSPS) is 29.4. The van der Waals surface area contributed by atoms with Crippen molar-refractivity contribution in [2.24, 2.45) is 5.92 Å². The predicted molar refractivity (Wildman–Crippen MR) is 80.2 cm³/mol. The van der Waals surface area contributed by atoms with E-state index < -0.39 is 0 Å². The van der Waals surface area contributed by atoms with E-state index in [4.69, 9.17) is 5.26 Å². The highest BCUT2D eigenvalue weighted by molar-refractivity contribution is 5.31. The molecule has 1 heterocycles. The van der Waals surface area contributed by atoms with Crippen molar-refractivity contribution in [2.75, 3.05) is 6.54 Å². The summed E-state index contributed by atoms with van der Waals surface area (Å²) in [6.45, 7) is 2.11. The molecule has 0 bridgehead atoms. The third kappa shape index (κ3) is 3.03. The number of nitriles is 1. The van der Waals surface area contributed by atoms with Crippen LogP contribution in [0.2, 0.25) is 0 Å². The van der Waals surface area contributed by atoms with Crippen LogP contribution in [-0.2, 0) is 6.54 Å². The molecule has 1 aliphatic heterocycles. The summed E-state index contributed by atoms with van der Waals surface area (Å²) < 4.78 is 0. The molecule has 2 N–H and O–H groups in total. The second-order valence-electron chi connectivity index (χ2n) is 6.09. The van der Waals surface area contributed by atoms with E-state index in [1.807, 2.05) is 12.1 Å². The van der Waals surface area contributed by atoms with Crippen LogP contribution in [0, 0.1) is 17.2 Å². The Balaban J connectivity index is 1.55. The number of benzene rings is 1. The lowest BCUT2D eigenvalue weighted by Crippen LogP contribution is -2.41. The maximum absolute atomic E-state index is 8.81. The molecular formula is C17H23N3. The zero-order valence-electron chi connectivity index (χ0n) is 11.9. The summed E-state index contributed by atoms with van der Waals surface area (Å²) in [5, 5.41) is 16.2. The van der Waals surface area contributed by atoms with Gasteiger partial charge in [0.05, 0.1) is 11.6 Å². The van der Waals surface area contributed by atoms with Crippen molar-refractivity contribution in [1.82, 2.24) is 10.6 Å². The lowest BCUT2D eigenvalue weighted by atomic mass is 9.93. The fourth-order valence-corrected chi connectivity index (χ4v) is 3.75. The summed E-state index contributed by atoms with van der Waals surface area (Å²) in [6, 6.07) is 11.5. The van der Waals surface area contributed by atoms with Crippen LogP contribution in [-0.4, -0.2) is 18.6 Å². The topological polar surface area (TPSA) is 47.9 Å². The van der Waals surface area contributed by atoms with Crippen molar-refractivity contribution in [3.05, 3.63) is 35.4 Å². The Morgan fingerprint density at radius 3 is 2.70 bits per heavy atom. The summed E-state index contributed by atoms with van der Waals surface area (Å²) in [6.07, 6.45) is 6.71. The Labute approximate surface area is 121 Å². The predicted octanol–water partition coefficient (Wildman–Crippen LogP) is 2.57. The molecule has 0 aromatic heterocycles. The highest BCUT2D eigenvalue weighted by Crippen LogP contribution is 2.32. The SMILES string of the molecule is N#Cc1ccc(CNC2CCCC2C2CCCN2)cc1. The molecule has 106 valence electrons. The van der Waals surface area contributed by atoms with Crippen LogP contribution in [0.15, 0.2) is 24.3 Å². The number of hydrogen-bond donors (Lipinski definition) is 2. The molecule has 1 aliphatic carbocycles. The second kappa shape index (κ2) is 6.39. The van der Waals surface area contributed by atoms with Gasteiger partial charge < -0.3 is 10.6 Å². The summed E-state index contributed by atoms with van der Waals surface area (Å²) in [4.78, 5) is 0. The summed E-state index contributed by atoms with van der Waals surface area (Å²) in [5.74, 6) is 0.802. The summed E-state index contributed by atoms with van der Waals surface area (Å²) in [5.41, 5.74) is 2.01. The largest absolute Gasteiger partial charge is 0.314 e. The van der Waals surface area contributed by atoms with E-state index in [0.29, 0.717) is 6.04 Å². The van der Waals surface area contributed by atoms with E-state index in [1.165, 1.54) is 44.2 Å². The molecular weight excluding hydrogens is 246 g/mol. The van der Waals surface area contributed by atoms with Crippen molar-refractivity contribution in [3.8, 4) is 6.07 Å². The smallest absolute Gasteiger partial charge is 0.0991 e. The van der Waals surface area contributed by atoms with E-state index in [0.717, 1.165) is 24.1 Å². The first-order valence-electron chi connectivity index (χ1n) is 7.82. The molecule has 0 radical (unpaired) electrons. The molecule has 1 saturated heterocycles. The van der Waals surface area contributed by atoms with Crippen LogP contribution in [0.4, 0.5) is 0 Å². The fraction of sp³-hybridized carbons (Fsp3) is 0.588. The van der Waals surface area contributed by atoms with E-state index in [1.54, 1.807) is 0 Å². The van der Waals surface area contributed by atoms with Crippen LogP contribution in [0.25, 0.3) is 0 Å². The van der Waals surface area contributed by atoms with Crippen LogP contribution >= 0.6 is 0 Å². The molecule has 0 spiro atoms. The Hall–Kier alpha value is -1.37. The number of nitrogens with zero attached hydrogens (tertiary/aromatic N) is 1. The monoisotopic (exact) mass is 269 g/mol. The minimum absolute atomic E-state index is 0.654. The zero-order chi connectivity index (χ0) is 13.8. The molecule has 3 heteroatoms. The summed E-state index contributed by atoms with van der Waals surface area (Å²) in [7, 11) is 0. The molecule has 20 heavy (non-hydrogen) atoms. The maximum atomic E-state index is 8.81. The average molecular weight is 269 g/mol. The molecule has 2 aliphatic rings. The second-order valence-corrected chi connectivity index (χ2v) is 6.09. The Morgan fingerprint density at radius 1 is 1.15 bits per heavy atom. The lowest BCUT2D eigenvalue weighted by Gasteiger charge is -2.26. The molecule has 1 saturated carbocycles. The third-order valence-corrected chi connectivity index (χ3v) is 4.84. The van der Waals surface area contributed by atoms with Gasteiger partial charge in [-0.25, -0.2) is 0 Å². The lowest BCUT2D eigenvalue weighted by molar-refractivity contribution is 0.320. The van der Waals surface area contributed by atoms with E-state index >= 15 is 0 Å². The highest BCUT2D eigenvalue weighted by Gasteiger charge is 2.34. The molecule has 3 rings (SSSR count). The first kappa shape index (κ1) is 13.6. The fourth-order valence-electron chi connectivity index (χ4n) is 3.75. The van der Waals surface area contributed by atoms with Gasteiger partial charge in [0, 0.05) is 18.6 Å². The van der Waals surface area contributed by atoms with Gasteiger partial charge in [-0.3, -0.25) is 0 Å². The molecule has 1 aromatic rings. The van der Waals surface area contributed by atoms with Crippen molar-refractivity contribution >= 4 is 0 Å². The third-order valence-electron chi connectivity index (χ3n) is 4.84. The van der Waals surface area contributed by atoms with Gasteiger partial charge >= 0.3 is 0 Å². The van der Waals surface area contributed by atoms with Gasteiger partial charge in [-0.1, -0.05) is 18.6 Å². The quantitative estimate of drug-likeness (QED) is 0.883. The van der Waals surface area contributed by atoms with E-state index in [-0.39, 0.29) is 0 Å². The van der Waals surface area contributed by atoms with Crippen LogP contribution in [0.3, 0.4) is 0 Å². The van der Waals surface area contributed by atoms with Crippen LogP contribution in [0.1, 0.15) is 43.2 Å². The van der Waals surface area contributed by atoms with Gasteiger partial charge in [-0.05, 0) is 55.8 Å². The molecule has 3 nitrogen and oxygen atoms in total. The minimum Gasteiger partial charge on any atom is -0.314 e. The standard InChI is InChI=1S/C17H23N3/c18-11-13-6-8-14(9-7-13)12-20-17-4-1-3-15(17)16-5-2-10-19-16/h6-9,15-17,19-20H,1-5,10,12H2. The van der Waals surface area contributed by atoms with Crippen molar-refractivity contribution in [3.63, 3.8) is 0 Å². The summed E-state index contributed by atoms with van der Waals surface area (Å²) >= 11 is 0. The van der Waals surface area contributed by atoms with Crippen molar-refractivity contribution in [1.29, 1.82) is 5.26 Å². The van der Waals surface area contributed by atoms with E-state index in [9.17, 15) is 0 Å².